The summed E-state index contributed by atoms with van der Waals surface area (Å²) in [5.74, 6) is 1.40. The summed E-state index contributed by atoms with van der Waals surface area (Å²) >= 11 is 5.81. The summed E-state index contributed by atoms with van der Waals surface area (Å²) in [5, 5.41) is 10.7. The Labute approximate surface area is 117 Å². The first-order valence-corrected chi connectivity index (χ1v) is 6.35. The van der Waals surface area contributed by atoms with E-state index in [9.17, 15) is 5.11 Å². The van der Waals surface area contributed by atoms with Crippen LogP contribution >= 0.6 is 11.6 Å². The fraction of sp³-hybridized carbons (Fsp3) is 0.200. The van der Waals surface area contributed by atoms with E-state index in [-0.39, 0.29) is 6.54 Å². The quantitative estimate of drug-likeness (QED) is 0.901. The molecule has 0 fully saturated rings. The van der Waals surface area contributed by atoms with Gasteiger partial charge in [-0.1, -0.05) is 23.7 Å². The maximum atomic E-state index is 10.0. The Morgan fingerprint density at radius 3 is 2.00 bits per heavy atom. The van der Waals surface area contributed by atoms with Gasteiger partial charge in [0.15, 0.2) is 0 Å². The average molecular weight is 278 g/mol. The van der Waals surface area contributed by atoms with Crippen LogP contribution in [0.5, 0.6) is 11.5 Å². The van der Waals surface area contributed by atoms with Crippen molar-refractivity contribution in [1.82, 2.24) is 0 Å². The zero-order valence-electron chi connectivity index (χ0n) is 10.6. The van der Waals surface area contributed by atoms with E-state index >= 15 is 0 Å². The number of hydrogen-bond donors (Lipinski definition) is 2. The van der Waals surface area contributed by atoms with E-state index in [0.29, 0.717) is 16.5 Å². The van der Waals surface area contributed by atoms with Crippen LogP contribution in [0.4, 0.5) is 0 Å². The van der Waals surface area contributed by atoms with Gasteiger partial charge < -0.3 is 15.6 Å². The first-order valence-electron chi connectivity index (χ1n) is 5.98. The van der Waals surface area contributed by atoms with Crippen LogP contribution in [-0.4, -0.2) is 11.7 Å². The third kappa shape index (κ3) is 3.47. The zero-order valence-corrected chi connectivity index (χ0v) is 11.4. The van der Waals surface area contributed by atoms with E-state index in [2.05, 4.69) is 0 Å². The van der Waals surface area contributed by atoms with Crippen molar-refractivity contribution in [1.29, 1.82) is 0 Å². The molecule has 4 heteroatoms. The fourth-order valence-electron chi connectivity index (χ4n) is 1.64. The number of halogens is 1. The monoisotopic (exact) mass is 277 g/mol. The van der Waals surface area contributed by atoms with E-state index in [4.69, 9.17) is 22.1 Å². The average Bonchev–Trinajstić information content (AvgIpc) is 2.42. The van der Waals surface area contributed by atoms with Crippen LogP contribution in [-0.2, 0) is 5.60 Å². The summed E-state index contributed by atoms with van der Waals surface area (Å²) in [4.78, 5) is 0. The van der Waals surface area contributed by atoms with Gasteiger partial charge in [0.05, 0.1) is 5.60 Å². The minimum Gasteiger partial charge on any atom is -0.457 e. The van der Waals surface area contributed by atoms with Crippen LogP contribution in [0.2, 0.25) is 5.02 Å². The molecule has 0 aliphatic carbocycles. The van der Waals surface area contributed by atoms with Crippen molar-refractivity contribution in [2.45, 2.75) is 12.5 Å². The Kier molecular flexibility index (Phi) is 4.10. The summed E-state index contributed by atoms with van der Waals surface area (Å²) < 4.78 is 5.66. The highest BCUT2D eigenvalue weighted by atomic mass is 35.5. The molecule has 1 unspecified atom stereocenters. The van der Waals surface area contributed by atoms with Crippen LogP contribution in [0.3, 0.4) is 0 Å². The number of ether oxygens (including phenoxy) is 1. The molecule has 100 valence electrons. The Balaban J connectivity index is 2.13. The molecule has 0 bridgehead atoms. The van der Waals surface area contributed by atoms with Crippen LogP contribution in [0.25, 0.3) is 0 Å². The lowest BCUT2D eigenvalue weighted by atomic mass is 9.96. The molecule has 3 nitrogen and oxygen atoms in total. The molecule has 0 aromatic heterocycles. The molecule has 0 saturated heterocycles. The van der Waals surface area contributed by atoms with Crippen molar-refractivity contribution in [3.05, 3.63) is 59.1 Å². The topological polar surface area (TPSA) is 55.5 Å². The molecule has 0 saturated carbocycles. The molecule has 0 amide bonds. The largest absolute Gasteiger partial charge is 0.457 e. The number of benzene rings is 2. The number of rotatable bonds is 4. The molecule has 1 atom stereocenters. The van der Waals surface area contributed by atoms with Gasteiger partial charge in [0.25, 0.3) is 0 Å². The van der Waals surface area contributed by atoms with Gasteiger partial charge in [-0.15, -0.1) is 0 Å². The number of nitrogens with two attached hydrogens (primary N) is 1. The molecule has 0 heterocycles. The lowest BCUT2D eigenvalue weighted by Gasteiger charge is -2.21. The van der Waals surface area contributed by atoms with Crippen LogP contribution in [0.1, 0.15) is 12.5 Å². The lowest BCUT2D eigenvalue weighted by Crippen LogP contribution is -2.31. The summed E-state index contributed by atoms with van der Waals surface area (Å²) in [6.07, 6.45) is 0. The number of aliphatic hydroxyl groups is 1. The molecule has 0 radical (unpaired) electrons. The van der Waals surface area contributed by atoms with Gasteiger partial charge in [-0.05, 0) is 48.9 Å². The maximum absolute atomic E-state index is 10.0. The summed E-state index contributed by atoms with van der Waals surface area (Å²) in [7, 11) is 0. The van der Waals surface area contributed by atoms with E-state index in [1.54, 1.807) is 55.5 Å². The third-order valence-electron chi connectivity index (χ3n) is 2.92. The van der Waals surface area contributed by atoms with Gasteiger partial charge in [0.2, 0.25) is 0 Å². The lowest BCUT2D eigenvalue weighted by molar-refractivity contribution is 0.0668. The molecule has 2 rings (SSSR count). The molecule has 3 N–H and O–H groups in total. The molecule has 0 aliphatic rings. The van der Waals surface area contributed by atoms with Crippen LogP contribution in [0, 0.1) is 0 Å². The second-order valence-corrected chi connectivity index (χ2v) is 4.99. The van der Waals surface area contributed by atoms with Crippen molar-refractivity contribution in [2.24, 2.45) is 5.73 Å². The minimum absolute atomic E-state index is 0.171. The second-order valence-electron chi connectivity index (χ2n) is 4.56. The second kappa shape index (κ2) is 5.61. The third-order valence-corrected chi connectivity index (χ3v) is 3.18. The molecular weight excluding hydrogens is 262 g/mol. The van der Waals surface area contributed by atoms with Crippen molar-refractivity contribution < 1.29 is 9.84 Å². The molecule has 0 spiro atoms. The highest BCUT2D eigenvalue weighted by Crippen LogP contribution is 2.26. The number of hydrogen-bond acceptors (Lipinski definition) is 3. The molecular formula is C15H16ClNO2. The summed E-state index contributed by atoms with van der Waals surface area (Å²) in [6.45, 7) is 1.85. The van der Waals surface area contributed by atoms with Gasteiger partial charge in [-0.25, -0.2) is 0 Å². The predicted molar refractivity (Wildman–Crippen MR) is 76.6 cm³/mol. The van der Waals surface area contributed by atoms with E-state index in [1.165, 1.54) is 0 Å². The smallest absolute Gasteiger partial charge is 0.127 e. The highest BCUT2D eigenvalue weighted by Gasteiger charge is 2.20. The first-order chi connectivity index (χ1) is 9.01. The minimum atomic E-state index is -1.02. The molecule has 2 aromatic carbocycles. The van der Waals surface area contributed by atoms with Gasteiger partial charge in [0, 0.05) is 11.6 Å². The van der Waals surface area contributed by atoms with Crippen molar-refractivity contribution in [3.63, 3.8) is 0 Å². The van der Waals surface area contributed by atoms with Gasteiger partial charge in [-0.2, -0.15) is 0 Å². The zero-order chi connectivity index (χ0) is 13.9. The summed E-state index contributed by atoms with van der Waals surface area (Å²) in [5.41, 5.74) is 5.27. The Bertz CT molecular complexity index is 535. The normalized spacial score (nSPS) is 13.9. The maximum Gasteiger partial charge on any atom is 0.127 e. The summed E-state index contributed by atoms with van der Waals surface area (Å²) in [6, 6.07) is 14.3. The Hall–Kier alpha value is -1.55. The standard InChI is InChI=1S/C15H16ClNO2/c1-15(18,10-17)11-2-6-13(7-3-11)19-14-8-4-12(16)5-9-14/h2-9,18H,10,17H2,1H3. The fourth-order valence-corrected chi connectivity index (χ4v) is 1.76. The molecule has 2 aromatic rings. The van der Waals surface area contributed by atoms with Gasteiger partial charge in [-0.3, -0.25) is 0 Å². The van der Waals surface area contributed by atoms with Crippen molar-refractivity contribution in [2.75, 3.05) is 6.54 Å². The van der Waals surface area contributed by atoms with Gasteiger partial charge in [0.1, 0.15) is 11.5 Å². The van der Waals surface area contributed by atoms with Crippen molar-refractivity contribution >= 4 is 11.6 Å². The Morgan fingerprint density at radius 1 is 1.05 bits per heavy atom. The van der Waals surface area contributed by atoms with E-state index in [1.807, 2.05) is 0 Å². The van der Waals surface area contributed by atoms with Gasteiger partial charge >= 0.3 is 0 Å². The van der Waals surface area contributed by atoms with E-state index < -0.39 is 5.60 Å². The van der Waals surface area contributed by atoms with Crippen molar-refractivity contribution in [3.8, 4) is 11.5 Å². The van der Waals surface area contributed by atoms with E-state index in [0.717, 1.165) is 5.56 Å². The highest BCUT2D eigenvalue weighted by molar-refractivity contribution is 6.30. The predicted octanol–water partition coefficient (Wildman–Crippen LogP) is 3.30. The SMILES string of the molecule is CC(O)(CN)c1ccc(Oc2ccc(Cl)cc2)cc1. The Morgan fingerprint density at radius 2 is 1.53 bits per heavy atom. The first kappa shape index (κ1) is 13.9. The molecule has 0 aliphatic heterocycles. The van der Waals surface area contributed by atoms with Crippen LogP contribution in [0.15, 0.2) is 48.5 Å². The molecule has 19 heavy (non-hydrogen) atoms. The van der Waals surface area contributed by atoms with Crippen LogP contribution < -0.4 is 10.5 Å².